The number of aromatic nitrogens is 2. The van der Waals surface area contributed by atoms with Crippen LogP contribution in [0.2, 0.25) is 0 Å². The van der Waals surface area contributed by atoms with E-state index in [1.165, 1.54) is 4.68 Å². The van der Waals surface area contributed by atoms with Crippen molar-refractivity contribution in [3.05, 3.63) is 21.0 Å². The second-order valence-corrected chi connectivity index (χ2v) is 5.82. The lowest BCUT2D eigenvalue weighted by molar-refractivity contribution is 0.176. The number of nitrogens with zero attached hydrogens (tertiary/aromatic N) is 3. The van der Waals surface area contributed by atoms with Gasteiger partial charge in [-0.05, 0) is 36.4 Å². The molecule has 0 fully saturated rings. The number of rotatable bonds is 8. The maximum atomic E-state index is 12.1. The first-order valence-electron chi connectivity index (χ1n) is 6.78. The van der Waals surface area contributed by atoms with Gasteiger partial charge in [-0.3, -0.25) is 4.79 Å². The van der Waals surface area contributed by atoms with Crippen molar-refractivity contribution >= 4 is 21.6 Å². The lowest BCUT2D eigenvalue weighted by Crippen LogP contribution is -2.30. The zero-order valence-corrected chi connectivity index (χ0v) is 13.9. The average Bonchev–Trinajstić information content (AvgIpc) is 2.39. The van der Waals surface area contributed by atoms with Crippen LogP contribution in [-0.4, -0.2) is 53.1 Å². The second kappa shape index (κ2) is 8.39. The van der Waals surface area contributed by atoms with Crippen LogP contribution in [0.5, 0.6) is 0 Å². The molecule has 0 aliphatic rings. The summed E-state index contributed by atoms with van der Waals surface area (Å²) in [6.45, 7) is 3.73. The van der Waals surface area contributed by atoms with E-state index in [0.717, 1.165) is 19.4 Å². The monoisotopic (exact) mass is 346 g/mol. The van der Waals surface area contributed by atoms with Crippen LogP contribution in [0.15, 0.2) is 15.5 Å². The lowest BCUT2D eigenvalue weighted by atomic mass is 10.2. The van der Waals surface area contributed by atoms with Crippen LogP contribution in [0.1, 0.15) is 19.8 Å². The highest BCUT2D eigenvalue weighted by atomic mass is 79.9. The fourth-order valence-corrected chi connectivity index (χ4v) is 2.15. The van der Waals surface area contributed by atoms with E-state index in [2.05, 4.69) is 26.3 Å². The molecule has 20 heavy (non-hydrogen) atoms. The number of aliphatic hydroxyl groups excluding tert-OH is 1. The first-order chi connectivity index (χ1) is 9.45. The van der Waals surface area contributed by atoms with Gasteiger partial charge in [-0.25, -0.2) is 4.68 Å². The van der Waals surface area contributed by atoms with E-state index in [9.17, 15) is 9.90 Å². The summed E-state index contributed by atoms with van der Waals surface area (Å²) in [5.74, 6) is 0. The Bertz CT molecular complexity index is 476. The maximum absolute atomic E-state index is 12.1. The molecule has 1 aromatic heterocycles. The molecule has 2 N–H and O–H groups in total. The standard InChI is InChI=1S/C13H23BrN4O2/c1-4-5-10(19)8-15-11-9-16-18(7-6-17(2)3)13(20)12(11)14/h9-10,15,19H,4-8H2,1-3H3. The van der Waals surface area contributed by atoms with Gasteiger partial charge in [-0.2, -0.15) is 5.10 Å². The number of anilines is 1. The molecule has 0 saturated heterocycles. The van der Waals surface area contributed by atoms with Crippen LogP contribution in [0.3, 0.4) is 0 Å². The molecule has 0 bridgehead atoms. The maximum Gasteiger partial charge on any atom is 0.283 e. The number of nitrogens with one attached hydrogen (secondary N) is 1. The molecular formula is C13H23BrN4O2. The molecule has 1 unspecified atom stereocenters. The van der Waals surface area contributed by atoms with Gasteiger partial charge in [0.05, 0.1) is 24.5 Å². The summed E-state index contributed by atoms with van der Waals surface area (Å²) in [4.78, 5) is 14.1. The van der Waals surface area contributed by atoms with Crippen molar-refractivity contribution in [1.29, 1.82) is 0 Å². The van der Waals surface area contributed by atoms with Crippen molar-refractivity contribution in [3.8, 4) is 0 Å². The fourth-order valence-electron chi connectivity index (χ4n) is 1.71. The molecular weight excluding hydrogens is 324 g/mol. The van der Waals surface area contributed by atoms with Crippen LogP contribution in [0, 0.1) is 0 Å². The molecule has 0 aliphatic heterocycles. The molecule has 0 amide bonds. The Morgan fingerprint density at radius 2 is 2.25 bits per heavy atom. The third kappa shape index (κ3) is 5.22. The zero-order valence-electron chi connectivity index (χ0n) is 12.3. The number of aliphatic hydroxyl groups is 1. The lowest BCUT2D eigenvalue weighted by Gasteiger charge is -2.14. The third-order valence-corrected chi connectivity index (χ3v) is 3.66. The highest BCUT2D eigenvalue weighted by Crippen LogP contribution is 2.16. The summed E-state index contributed by atoms with van der Waals surface area (Å²) in [7, 11) is 3.90. The highest BCUT2D eigenvalue weighted by molar-refractivity contribution is 9.10. The van der Waals surface area contributed by atoms with Crippen molar-refractivity contribution in [2.75, 3.05) is 32.5 Å². The molecule has 0 spiro atoms. The molecule has 0 radical (unpaired) electrons. The number of halogens is 1. The molecule has 0 aliphatic carbocycles. The summed E-state index contributed by atoms with van der Waals surface area (Å²) in [5, 5.41) is 16.9. The first kappa shape index (κ1) is 17.1. The minimum absolute atomic E-state index is 0.165. The van der Waals surface area contributed by atoms with E-state index < -0.39 is 6.10 Å². The Morgan fingerprint density at radius 1 is 1.55 bits per heavy atom. The topological polar surface area (TPSA) is 70.4 Å². The Kier molecular flexibility index (Phi) is 7.18. The summed E-state index contributed by atoms with van der Waals surface area (Å²) < 4.78 is 1.88. The van der Waals surface area contributed by atoms with E-state index in [0.29, 0.717) is 23.2 Å². The normalized spacial score (nSPS) is 12.7. The molecule has 7 heteroatoms. The minimum atomic E-state index is -0.414. The van der Waals surface area contributed by atoms with E-state index >= 15 is 0 Å². The molecule has 0 saturated carbocycles. The van der Waals surface area contributed by atoms with E-state index in [-0.39, 0.29) is 5.56 Å². The van der Waals surface area contributed by atoms with Crippen molar-refractivity contribution in [1.82, 2.24) is 14.7 Å². The van der Waals surface area contributed by atoms with Gasteiger partial charge in [0.1, 0.15) is 4.47 Å². The Hall–Kier alpha value is -0.920. The quantitative estimate of drug-likeness (QED) is 0.738. The summed E-state index contributed by atoms with van der Waals surface area (Å²) >= 11 is 3.30. The first-order valence-corrected chi connectivity index (χ1v) is 7.57. The van der Waals surface area contributed by atoms with Gasteiger partial charge in [-0.1, -0.05) is 13.3 Å². The summed E-state index contributed by atoms with van der Waals surface area (Å²) in [6.07, 6.45) is 2.86. The van der Waals surface area contributed by atoms with Crippen LogP contribution in [0.25, 0.3) is 0 Å². The number of hydrogen-bond acceptors (Lipinski definition) is 5. The molecule has 6 nitrogen and oxygen atoms in total. The fraction of sp³-hybridized carbons (Fsp3) is 0.692. The average molecular weight is 347 g/mol. The second-order valence-electron chi connectivity index (χ2n) is 5.03. The third-order valence-electron chi connectivity index (χ3n) is 2.89. The van der Waals surface area contributed by atoms with Crippen molar-refractivity contribution in [2.24, 2.45) is 0 Å². The summed E-state index contributed by atoms with van der Waals surface area (Å²) in [6, 6.07) is 0. The Morgan fingerprint density at radius 3 is 2.85 bits per heavy atom. The number of likely N-dealkylation sites (N-methyl/N-ethyl adjacent to an activating group) is 1. The predicted molar refractivity (Wildman–Crippen MR) is 84.2 cm³/mol. The molecule has 0 aromatic carbocycles. The Labute approximate surface area is 127 Å². The van der Waals surface area contributed by atoms with Crippen molar-refractivity contribution in [3.63, 3.8) is 0 Å². The van der Waals surface area contributed by atoms with Crippen LogP contribution < -0.4 is 10.9 Å². The van der Waals surface area contributed by atoms with Gasteiger partial charge >= 0.3 is 0 Å². The predicted octanol–water partition coefficient (Wildman–Crippen LogP) is 1.14. The van der Waals surface area contributed by atoms with Crippen LogP contribution in [0.4, 0.5) is 5.69 Å². The van der Waals surface area contributed by atoms with Crippen molar-refractivity contribution in [2.45, 2.75) is 32.4 Å². The van der Waals surface area contributed by atoms with E-state index in [4.69, 9.17) is 0 Å². The minimum Gasteiger partial charge on any atom is -0.391 e. The summed E-state index contributed by atoms with van der Waals surface area (Å²) in [5.41, 5.74) is 0.452. The smallest absolute Gasteiger partial charge is 0.283 e. The van der Waals surface area contributed by atoms with E-state index in [1.807, 2.05) is 25.9 Å². The molecule has 1 atom stereocenters. The van der Waals surface area contributed by atoms with Gasteiger partial charge in [0.2, 0.25) is 0 Å². The van der Waals surface area contributed by atoms with Crippen LogP contribution in [-0.2, 0) is 6.54 Å². The molecule has 1 rings (SSSR count). The molecule has 1 heterocycles. The molecule has 114 valence electrons. The molecule has 1 aromatic rings. The van der Waals surface area contributed by atoms with E-state index in [1.54, 1.807) is 6.20 Å². The van der Waals surface area contributed by atoms with Crippen molar-refractivity contribution < 1.29 is 5.11 Å². The number of hydrogen-bond donors (Lipinski definition) is 2. The zero-order chi connectivity index (χ0) is 15.1. The Balaban J connectivity index is 2.71. The largest absolute Gasteiger partial charge is 0.391 e. The highest BCUT2D eigenvalue weighted by Gasteiger charge is 2.10. The van der Waals surface area contributed by atoms with Gasteiger partial charge in [0.25, 0.3) is 5.56 Å². The van der Waals surface area contributed by atoms with Gasteiger partial charge in [0, 0.05) is 13.1 Å². The van der Waals surface area contributed by atoms with Gasteiger partial charge in [0.15, 0.2) is 0 Å². The van der Waals surface area contributed by atoms with Crippen LogP contribution >= 0.6 is 15.9 Å². The van der Waals surface area contributed by atoms with Gasteiger partial charge < -0.3 is 15.3 Å². The van der Waals surface area contributed by atoms with Gasteiger partial charge in [-0.15, -0.1) is 0 Å². The SMILES string of the molecule is CCCC(O)CNc1cnn(CCN(C)C)c(=O)c1Br.